The molecule has 0 saturated heterocycles. The van der Waals surface area contributed by atoms with Crippen molar-refractivity contribution in [1.29, 1.82) is 0 Å². The third kappa shape index (κ3) is 5.55. The molecule has 31 heavy (non-hydrogen) atoms. The Labute approximate surface area is 184 Å². The predicted octanol–water partition coefficient (Wildman–Crippen LogP) is 4.67. The van der Waals surface area contributed by atoms with Crippen LogP contribution in [0.25, 0.3) is 11.4 Å². The van der Waals surface area contributed by atoms with Crippen molar-refractivity contribution in [3.8, 4) is 17.1 Å². The van der Waals surface area contributed by atoms with Crippen LogP contribution in [0.15, 0.2) is 59.3 Å². The van der Waals surface area contributed by atoms with Gasteiger partial charge < -0.3 is 14.6 Å². The van der Waals surface area contributed by atoms with Crippen molar-refractivity contribution in [3.05, 3.63) is 76.6 Å². The Morgan fingerprint density at radius 2 is 1.90 bits per heavy atom. The second kappa shape index (κ2) is 9.53. The van der Waals surface area contributed by atoms with Gasteiger partial charge in [0.1, 0.15) is 5.75 Å². The summed E-state index contributed by atoms with van der Waals surface area (Å²) in [5, 5.41) is 7.42. The predicted molar refractivity (Wildman–Crippen MR) is 119 cm³/mol. The molecule has 0 bridgehead atoms. The molecule has 0 fully saturated rings. The quantitative estimate of drug-likeness (QED) is 0.433. The van der Waals surface area contributed by atoms with Gasteiger partial charge in [0, 0.05) is 35.9 Å². The van der Waals surface area contributed by atoms with Crippen LogP contribution in [0.5, 0.6) is 5.75 Å². The summed E-state index contributed by atoms with van der Waals surface area (Å²) in [5.41, 5.74) is 3.28. The third-order valence-electron chi connectivity index (χ3n) is 4.68. The molecular formula is C23H22N4O3S. The number of nitrogens with one attached hydrogen (secondary N) is 1. The van der Waals surface area contributed by atoms with E-state index in [1.807, 2.05) is 24.3 Å². The number of rotatable bonds is 8. The van der Waals surface area contributed by atoms with E-state index in [1.54, 1.807) is 13.3 Å². The zero-order valence-corrected chi connectivity index (χ0v) is 18.1. The zero-order valence-electron chi connectivity index (χ0n) is 17.3. The molecule has 2 aromatic heterocycles. The van der Waals surface area contributed by atoms with E-state index in [0.717, 1.165) is 22.6 Å². The van der Waals surface area contributed by atoms with Crippen molar-refractivity contribution >= 4 is 22.4 Å². The van der Waals surface area contributed by atoms with Crippen molar-refractivity contribution in [1.82, 2.24) is 15.1 Å². The van der Waals surface area contributed by atoms with Gasteiger partial charge in [0.15, 0.2) is 5.13 Å². The number of benzene rings is 2. The summed E-state index contributed by atoms with van der Waals surface area (Å²) in [6, 6.07) is 15.8. The van der Waals surface area contributed by atoms with E-state index in [2.05, 4.69) is 51.6 Å². The Hall–Kier alpha value is -3.52. The molecule has 0 aliphatic carbocycles. The summed E-state index contributed by atoms with van der Waals surface area (Å²) in [4.78, 5) is 22.1. The first kappa shape index (κ1) is 20.7. The molecule has 4 rings (SSSR count). The van der Waals surface area contributed by atoms with E-state index >= 15 is 0 Å². The van der Waals surface area contributed by atoms with Crippen molar-refractivity contribution in [2.45, 2.75) is 26.2 Å². The molecule has 8 heteroatoms. The molecule has 1 N–H and O–H groups in total. The lowest BCUT2D eigenvalue weighted by atomic mass is 10.1. The van der Waals surface area contributed by atoms with Crippen LogP contribution < -0.4 is 10.1 Å². The number of amides is 1. The molecule has 1 amide bonds. The first-order valence-electron chi connectivity index (χ1n) is 9.86. The topological polar surface area (TPSA) is 90.1 Å². The molecule has 2 heterocycles. The molecule has 0 saturated carbocycles. The molecule has 0 spiro atoms. The molecule has 0 unspecified atom stereocenters. The monoisotopic (exact) mass is 434 g/mol. The van der Waals surface area contributed by atoms with Gasteiger partial charge in [0.25, 0.3) is 0 Å². The first-order valence-corrected chi connectivity index (χ1v) is 10.7. The van der Waals surface area contributed by atoms with Crippen LogP contribution in [0, 0.1) is 6.92 Å². The van der Waals surface area contributed by atoms with Gasteiger partial charge in [-0.25, -0.2) is 4.98 Å². The summed E-state index contributed by atoms with van der Waals surface area (Å²) in [6.07, 6.45) is 3.19. The number of aromatic nitrogens is 3. The van der Waals surface area contributed by atoms with Crippen molar-refractivity contribution < 1.29 is 14.1 Å². The second-order valence-electron chi connectivity index (χ2n) is 7.08. The average Bonchev–Trinajstić information content (AvgIpc) is 3.44. The number of anilines is 1. The zero-order chi connectivity index (χ0) is 21.6. The number of hydrogen-bond donors (Lipinski definition) is 1. The molecular weight excluding hydrogens is 412 g/mol. The fourth-order valence-electron chi connectivity index (χ4n) is 2.97. The Morgan fingerprint density at radius 3 is 2.65 bits per heavy atom. The molecule has 2 aromatic carbocycles. The maximum atomic E-state index is 12.3. The minimum absolute atomic E-state index is 0.138. The van der Waals surface area contributed by atoms with Gasteiger partial charge >= 0.3 is 0 Å². The van der Waals surface area contributed by atoms with E-state index < -0.39 is 0 Å². The van der Waals surface area contributed by atoms with Crippen LogP contribution in [-0.2, 0) is 17.6 Å². The smallest absolute Gasteiger partial charge is 0.227 e. The number of aryl methyl sites for hydroxylation is 2. The maximum Gasteiger partial charge on any atom is 0.227 e. The van der Waals surface area contributed by atoms with Crippen molar-refractivity contribution in [3.63, 3.8) is 0 Å². The summed E-state index contributed by atoms with van der Waals surface area (Å²) >= 11 is 1.48. The molecule has 0 radical (unpaired) electrons. The van der Waals surface area contributed by atoms with Crippen LogP contribution in [0.2, 0.25) is 0 Å². The number of nitrogens with zero attached hydrogens (tertiary/aromatic N) is 3. The highest BCUT2D eigenvalue weighted by Gasteiger charge is 2.12. The standard InChI is InChI=1S/C23H22N4O3S/c1-15-3-5-16(6-4-15)13-19-14-24-23(31-19)25-20(28)11-12-21-26-22(27-30-21)17-7-9-18(29-2)10-8-17/h3-10,14H,11-13H2,1-2H3,(H,24,25,28). The fourth-order valence-corrected chi connectivity index (χ4v) is 3.83. The minimum Gasteiger partial charge on any atom is -0.497 e. The SMILES string of the molecule is COc1ccc(-c2noc(CCC(=O)Nc3ncc(Cc4ccc(C)cc4)s3)n2)cc1. The van der Waals surface area contributed by atoms with Crippen LogP contribution >= 0.6 is 11.3 Å². The van der Waals surface area contributed by atoms with Crippen LogP contribution in [0.3, 0.4) is 0 Å². The Morgan fingerprint density at radius 1 is 1.13 bits per heavy atom. The lowest BCUT2D eigenvalue weighted by Gasteiger charge is -2.00. The average molecular weight is 435 g/mol. The Kier molecular flexibility index (Phi) is 6.37. The number of ether oxygens (including phenoxy) is 1. The van der Waals surface area contributed by atoms with Crippen LogP contribution in [0.1, 0.15) is 28.3 Å². The second-order valence-corrected chi connectivity index (χ2v) is 8.20. The normalized spacial score (nSPS) is 10.8. The molecule has 0 aliphatic rings. The van der Waals surface area contributed by atoms with Gasteiger partial charge in [0.05, 0.1) is 7.11 Å². The maximum absolute atomic E-state index is 12.3. The van der Waals surface area contributed by atoms with Crippen molar-refractivity contribution in [2.24, 2.45) is 0 Å². The highest BCUT2D eigenvalue weighted by Crippen LogP contribution is 2.22. The lowest BCUT2D eigenvalue weighted by Crippen LogP contribution is -2.12. The van der Waals surface area contributed by atoms with Crippen LogP contribution in [-0.4, -0.2) is 28.1 Å². The van der Waals surface area contributed by atoms with Gasteiger partial charge in [-0.05, 0) is 36.8 Å². The first-order chi connectivity index (χ1) is 15.1. The van der Waals surface area contributed by atoms with Gasteiger partial charge in [-0.2, -0.15) is 4.98 Å². The van der Waals surface area contributed by atoms with E-state index in [-0.39, 0.29) is 12.3 Å². The van der Waals surface area contributed by atoms with Crippen molar-refractivity contribution in [2.75, 3.05) is 12.4 Å². The van der Waals surface area contributed by atoms with Crippen LogP contribution in [0.4, 0.5) is 5.13 Å². The Balaban J connectivity index is 1.28. The number of carbonyl (C=O) groups excluding carboxylic acids is 1. The summed E-state index contributed by atoms with van der Waals surface area (Å²) in [5.74, 6) is 1.52. The number of thiazole rings is 1. The number of carbonyl (C=O) groups is 1. The van der Waals surface area contributed by atoms with E-state index in [1.165, 1.54) is 22.5 Å². The molecule has 0 atom stereocenters. The largest absolute Gasteiger partial charge is 0.497 e. The summed E-state index contributed by atoms with van der Waals surface area (Å²) in [7, 11) is 1.61. The highest BCUT2D eigenvalue weighted by atomic mass is 32.1. The Bertz CT molecular complexity index is 1150. The fraction of sp³-hybridized carbons (Fsp3) is 0.217. The van der Waals surface area contributed by atoms with Gasteiger partial charge in [-0.1, -0.05) is 35.0 Å². The van der Waals surface area contributed by atoms with Gasteiger partial charge in [0.2, 0.25) is 17.6 Å². The van der Waals surface area contributed by atoms with Gasteiger partial charge in [-0.15, -0.1) is 11.3 Å². The minimum atomic E-state index is -0.138. The molecule has 0 aliphatic heterocycles. The lowest BCUT2D eigenvalue weighted by molar-refractivity contribution is -0.116. The number of methoxy groups -OCH3 is 1. The molecule has 7 nitrogen and oxygen atoms in total. The third-order valence-corrected chi connectivity index (χ3v) is 5.59. The number of hydrogen-bond acceptors (Lipinski definition) is 7. The molecule has 158 valence electrons. The van der Waals surface area contributed by atoms with E-state index in [9.17, 15) is 4.79 Å². The summed E-state index contributed by atoms with van der Waals surface area (Å²) < 4.78 is 10.4. The van der Waals surface area contributed by atoms with Gasteiger partial charge in [-0.3, -0.25) is 4.79 Å². The highest BCUT2D eigenvalue weighted by molar-refractivity contribution is 7.15. The molecule has 4 aromatic rings. The summed E-state index contributed by atoms with van der Waals surface area (Å²) in [6.45, 7) is 2.07. The van der Waals surface area contributed by atoms with E-state index in [4.69, 9.17) is 9.26 Å². The van der Waals surface area contributed by atoms with E-state index in [0.29, 0.717) is 23.3 Å².